The number of aliphatic hydroxyl groups is 1. The number of carboxylic acids is 2. The zero-order valence-corrected chi connectivity index (χ0v) is 13.4. The number of hydrogen-bond acceptors (Lipinski definition) is 6. The zero-order valence-electron chi connectivity index (χ0n) is 13.4. The minimum Gasteiger partial charge on any atom is -0.481 e. The molecule has 1 saturated heterocycles. The van der Waals surface area contributed by atoms with Crippen molar-refractivity contribution in [2.75, 3.05) is 13.1 Å². The third kappa shape index (κ3) is 3.75. The third-order valence-corrected chi connectivity index (χ3v) is 4.56. The highest BCUT2D eigenvalue weighted by atomic mass is 16.4. The van der Waals surface area contributed by atoms with Crippen LogP contribution in [-0.4, -0.2) is 56.4 Å². The number of nitrogens with zero attached hydrogens (tertiary/aromatic N) is 2. The quantitative estimate of drug-likeness (QED) is 0.639. The van der Waals surface area contributed by atoms with Crippen LogP contribution in [0.25, 0.3) is 11.0 Å². The molecule has 1 aromatic heterocycles. The van der Waals surface area contributed by atoms with Gasteiger partial charge in [0.15, 0.2) is 6.10 Å². The molecule has 3 atom stereocenters. The first kappa shape index (κ1) is 17.2. The summed E-state index contributed by atoms with van der Waals surface area (Å²) in [7, 11) is 0. The Morgan fingerprint density at radius 1 is 1.08 bits per heavy atom. The highest BCUT2D eigenvalue weighted by molar-refractivity contribution is 5.79. The summed E-state index contributed by atoms with van der Waals surface area (Å²) in [6, 6.07) is 4.49. The van der Waals surface area contributed by atoms with Gasteiger partial charge in [0.1, 0.15) is 0 Å². The first-order valence-electron chi connectivity index (χ1n) is 8.03. The molecule has 2 heterocycles. The van der Waals surface area contributed by atoms with Crippen molar-refractivity contribution >= 4 is 23.0 Å². The zero-order chi connectivity index (χ0) is 18.0. The van der Waals surface area contributed by atoms with Crippen LogP contribution in [0.1, 0.15) is 35.8 Å². The molecule has 132 valence electrons. The summed E-state index contributed by atoms with van der Waals surface area (Å²) in [5, 5.41) is 27.7. The fraction of sp³-hybridized carbons (Fsp3) is 0.412. The largest absolute Gasteiger partial charge is 0.481 e. The summed E-state index contributed by atoms with van der Waals surface area (Å²) in [6.07, 6.45) is 2.30. The van der Waals surface area contributed by atoms with Crippen LogP contribution in [-0.2, 0) is 9.59 Å². The Labute approximate surface area is 143 Å². The summed E-state index contributed by atoms with van der Waals surface area (Å²) in [5.74, 6) is -1.46. The van der Waals surface area contributed by atoms with E-state index in [4.69, 9.17) is 15.3 Å². The molecule has 1 aliphatic carbocycles. The Balaban J connectivity index is 0.000000176. The first-order chi connectivity index (χ1) is 12.0. The van der Waals surface area contributed by atoms with Crippen LogP contribution >= 0.6 is 0 Å². The number of rotatable bonds is 3. The van der Waals surface area contributed by atoms with E-state index in [0.717, 1.165) is 24.1 Å². The standard InChI is InChI=1S/C13H13N3.C4H6O5/c1-2-16-13-5-11-9-3-8(6-14-7-9)10(11)4-12(13)15-1;5-2(4(8)9)1-3(6)7/h1-2,4-5,8-9,14H,3,6-7H2;2,5H,1H2,(H,6,7)(H,8,9)/t8-,9-;/m1./s1. The molecule has 0 saturated carbocycles. The highest BCUT2D eigenvalue weighted by Gasteiger charge is 2.34. The van der Waals surface area contributed by atoms with Gasteiger partial charge >= 0.3 is 11.9 Å². The molecule has 4 rings (SSSR count). The molecule has 1 aliphatic heterocycles. The average molecular weight is 345 g/mol. The van der Waals surface area contributed by atoms with E-state index in [1.165, 1.54) is 17.5 Å². The van der Waals surface area contributed by atoms with Gasteiger partial charge in [-0.1, -0.05) is 0 Å². The van der Waals surface area contributed by atoms with E-state index in [9.17, 15) is 9.59 Å². The van der Waals surface area contributed by atoms with Crippen LogP contribution in [0.4, 0.5) is 0 Å². The molecule has 0 spiro atoms. The molecular weight excluding hydrogens is 326 g/mol. The van der Waals surface area contributed by atoms with Crippen molar-refractivity contribution in [1.82, 2.24) is 15.3 Å². The molecular formula is C17H19N3O5. The van der Waals surface area contributed by atoms with Crippen LogP contribution in [0, 0.1) is 0 Å². The smallest absolute Gasteiger partial charge is 0.333 e. The summed E-state index contributed by atoms with van der Waals surface area (Å²) < 4.78 is 0. The molecule has 8 heteroatoms. The van der Waals surface area contributed by atoms with Crippen molar-refractivity contribution in [3.63, 3.8) is 0 Å². The lowest BCUT2D eigenvalue weighted by molar-refractivity contribution is -0.152. The highest BCUT2D eigenvalue weighted by Crippen LogP contribution is 2.44. The fourth-order valence-electron chi connectivity index (χ4n) is 3.42. The molecule has 2 aliphatic rings. The first-order valence-corrected chi connectivity index (χ1v) is 8.03. The molecule has 2 aromatic rings. The average Bonchev–Trinajstić information content (AvgIpc) is 2.83. The van der Waals surface area contributed by atoms with Gasteiger partial charge in [-0.15, -0.1) is 0 Å². The number of carbonyl (C=O) groups is 2. The number of fused-ring (bicyclic) bond motifs is 6. The lowest BCUT2D eigenvalue weighted by atomic mass is 9.98. The van der Waals surface area contributed by atoms with E-state index in [1.807, 2.05) is 0 Å². The summed E-state index contributed by atoms with van der Waals surface area (Å²) >= 11 is 0. The van der Waals surface area contributed by atoms with Gasteiger partial charge in [0.25, 0.3) is 0 Å². The van der Waals surface area contributed by atoms with Crippen molar-refractivity contribution < 1.29 is 24.9 Å². The van der Waals surface area contributed by atoms with Crippen molar-refractivity contribution in [3.8, 4) is 0 Å². The molecule has 2 bridgehead atoms. The van der Waals surface area contributed by atoms with E-state index >= 15 is 0 Å². The number of carboxylic acid groups (broad SMARTS) is 2. The Bertz CT molecular complexity index is 761. The molecule has 1 unspecified atom stereocenters. The number of aliphatic carboxylic acids is 2. The Kier molecular flexibility index (Phi) is 4.91. The SMILES string of the molecule is O=C(O)CC(O)C(=O)O.c1cnc2cc3c(cc2n1)[C@H]1CNC[C@H]3C1. The van der Waals surface area contributed by atoms with Crippen LogP contribution in [0.15, 0.2) is 24.5 Å². The van der Waals surface area contributed by atoms with Crippen molar-refractivity contribution in [2.24, 2.45) is 0 Å². The van der Waals surface area contributed by atoms with Crippen LogP contribution < -0.4 is 5.32 Å². The molecule has 4 N–H and O–H groups in total. The number of hydrogen-bond donors (Lipinski definition) is 4. The van der Waals surface area contributed by atoms with E-state index in [-0.39, 0.29) is 0 Å². The summed E-state index contributed by atoms with van der Waals surface area (Å²) in [6.45, 7) is 2.24. The second-order valence-electron chi connectivity index (χ2n) is 6.27. The maximum absolute atomic E-state index is 9.72. The lowest BCUT2D eigenvalue weighted by Gasteiger charge is -2.19. The maximum atomic E-state index is 9.72. The van der Waals surface area contributed by atoms with Gasteiger partial charge in [-0.25, -0.2) is 4.79 Å². The molecule has 25 heavy (non-hydrogen) atoms. The fourth-order valence-corrected chi connectivity index (χ4v) is 3.42. The molecule has 1 aromatic carbocycles. The minimum atomic E-state index is -1.79. The topological polar surface area (TPSA) is 133 Å². The third-order valence-electron chi connectivity index (χ3n) is 4.56. The van der Waals surface area contributed by atoms with Gasteiger partial charge in [-0.2, -0.15) is 0 Å². The summed E-state index contributed by atoms with van der Waals surface area (Å²) in [5.41, 5.74) is 5.08. The van der Waals surface area contributed by atoms with E-state index in [2.05, 4.69) is 27.4 Å². The van der Waals surface area contributed by atoms with Crippen LogP contribution in [0.5, 0.6) is 0 Å². The second kappa shape index (κ2) is 7.12. The molecule has 1 fully saturated rings. The maximum Gasteiger partial charge on any atom is 0.333 e. The molecule has 0 amide bonds. The monoisotopic (exact) mass is 345 g/mol. The van der Waals surface area contributed by atoms with Gasteiger partial charge < -0.3 is 20.6 Å². The predicted octanol–water partition coefficient (Wildman–Crippen LogP) is 0.710. The van der Waals surface area contributed by atoms with E-state index in [1.54, 1.807) is 12.4 Å². The van der Waals surface area contributed by atoms with Gasteiger partial charge in [0.2, 0.25) is 0 Å². The van der Waals surface area contributed by atoms with Gasteiger partial charge in [-0.05, 0) is 41.5 Å². The van der Waals surface area contributed by atoms with Crippen molar-refractivity contribution in [2.45, 2.75) is 30.8 Å². The number of nitrogens with one attached hydrogen (secondary N) is 1. The molecule has 0 radical (unpaired) electrons. The van der Waals surface area contributed by atoms with Crippen molar-refractivity contribution in [3.05, 3.63) is 35.7 Å². The Morgan fingerprint density at radius 2 is 1.60 bits per heavy atom. The Hall–Kier alpha value is -2.58. The van der Waals surface area contributed by atoms with Gasteiger partial charge in [-0.3, -0.25) is 14.8 Å². The van der Waals surface area contributed by atoms with Crippen LogP contribution in [0.3, 0.4) is 0 Å². The van der Waals surface area contributed by atoms with Crippen molar-refractivity contribution in [1.29, 1.82) is 0 Å². The van der Waals surface area contributed by atoms with E-state index in [0.29, 0.717) is 11.8 Å². The second-order valence-corrected chi connectivity index (χ2v) is 6.27. The lowest BCUT2D eigenvalue weighted by Crippen LogP contribution is -2.28. The van der Waals surface area contributed by atoms with Gasteiger partial charge in [0.05, 0.1) is 17.5 Å². The predicted molar refractivity (Wildman–Crippen MR) is 88.4 cm³/mol. The number of aliphatic hydroxyl groups excluding tert-OH is 1. The normalized spacial score (nSPS) is 21.8. The van der Waals surface area contributed by atoms with E-state index < -0.39 is 24.5 Å². The number of aromatic nitrogens is 2. The summed E-state index contributed by atoms with van der Waals surface area (Å²) in [4.78, 5) is 28.2. The number of benzene rings is 1. The number of piperidine rings is 1. The van der Waals surface area contributed by atoms with Crippen LogP contribution in [0.2, 0.25) is 0 Å². The van der Waals surface area contributed by atoms with Gasteiger partial charge in [0, 0.05) is 25.5 Å². The molecule has 8 nitrogen and oxygen atoms in total. The minimum absolute atomic E-state index is 0.695. The Morgan fingerprint density at radius 3 is 2.00 bits per heavy atom.